The molecule has 0 aromatic heterocycles. The lowest BCUT2D eigenvalue weighted by atomic mass is 9.94. The highest BCUT2D eigenvalue weighted by atomic mass is 35.5. The van der Waals surface area contributed by atoms with E-state index in [2.05, 4.69) is 0 Å². The zero-order valence-corrected chi connectivity index (χ0v) is 20.5. The highest BCUT2D eigenvalue weighted by Crippen LogP contribution is 2.44. The number of rotatable bonds is 7. The van der Waals surface area contributed by atoms with Crippen LogP contribution in [0.4, 0.5) is 5.69 Å². The van der Waals surface area contributed by atoms with E-state index in [0.29, 0.717) is 39.9 Å². The Morgan fingerprint density at radius 3 is 2.37 bits per heavy atom. The SMILES string of the molecule is CCOc1cc(C2/C(=C(/O)c3cccc(Cl)c3)C(=O)C(=O)N2c2ccc(CC)cc2)ccc1OC. The second-order valence-electron chi connectivity index (χ2n) is 8.04. The van der Waals surface area contributed by atoms with Gasteiger partial charge in [0.25, 0.3) is 11.7 Å². The number of ether oxygens (including phenoxy) is 2. The number of aryl methyl sites for hydroxylation is 1. The fourth-order valence-corrected chi connectivity index (χ4v) is 4.42. The first kappa shape index (κ1) is 24.4. The molecule has 0 aliphatic carbocycles. The van der Waals surface area contributed by atoms with E-state index in [4.69, 9.17) is 21.1 Å². The molecule has 7 heteroatoms. The minimum atomic E-state index is -0.883. The van der Waals surface area contributed by atoms with Gasteiger partial charge in [0.15, 0.2) is 11.5 Å². The van der Waals surface area contributed by atoms with E-state index in [1.54, 1.807) is 42.5 Å². The lowest BCUT2D eigenvalue weighted by Crippen LogP contribution is -2.29. The Kier molecular flexibility index (Phi) is 7.12. The number of methoxy groups -OCH3 is 1. The van der Waals surface area contributed by atoms with Crippen molar-refractivity contribution in [2.75, 3.05) is 18.6 Å². The molecule has 0 bridgehead atoms. The molecule has 35 heavy (non-hydrogen) atoms. The molecule has 0 spiro atoms. The zero-order chi connectivity index (χ0) is 25.1. The Balaban J connectivity index is 1.95. The first-order chi connectivity index (χ1) is 16.9. The number of hydrogen-bond acceptors (Lipinski definition) is 5. The number of amides is 1. The number of carbonyl (C=O) groups excluding carboxylic acids is 2. The van der Waals surface area contributed by atoms with Crippen LogP contribution in [0.3, 0.4) is 0 Å². The first-order valence-electron chi connectivity index (χ1n) is 11.4. The molecule has 0 saturated carbocycles. The highest BCUT2D eigenvalue weighted by molar-refractivity contribution is 6.51. The molecule has 1 saturated heterocycles. The molecule has 0 radical (unpaired) electrons. The Labute approximate surface area is 209 Å². The maximum atomic E-state index is 13.3. The van der Waals surface area contributed by atoms with E-state index >= 15 is 0 Å². The largest absolute Gasteiger partial charge is 0.507 e. The third kappa shape index (κ3) is 4.62. The smallest absolute Gasteiger partial charge is 0.300 e. The highest BCUT2D eigenvalue weighted by Gasteiger charge is 2.47. The second kappa shape index (κ2) is 10.2. The number of halogens is 1. The van der Waals surface area contributed by atoms with Crippen LogP contribution in [0.5, 0.6) is 11.5 Å². The molecule has 1 atom stereocenters. The number of nitrogens with zero attached hydrogens (tertiary/aromatic N) is 1. The quantitative estimate of drug-likeness (QED) is 0.251. The Morgan fingerprint density at radius 2 is 1.74 bits per heavy atom. The fourth-order valence-electron chi connectivity index (χ4n) is 4.23. The van der Waals surface area contributed by atoms with Crippen molar-refractivity contribution in [2.45, 2.75) is 26.3 Å². The number of anilines is 1. The van der Waals surface area contributed by atoms with Crippen molar-refractivity contribution >= 4 is 34.7 Å². The molecular formula is C28H26ClNO5. The first-order valence-corrected chi connectivity index (χ1v) is 11.7. The summed E-state index contributed by atoms with van der Waals surface area (Å²) in [7, 11) is 1.54. The van der Waals surface area contributed by atoms with Crippen LogP contribution >= 0.6 is 11.6 Å². The summed E-state index contributed by atoms with van der Waals surface area (Å²) in [5, 5.41) is 11.7. The number of aliphatic hydroxyl groups excluding tert-OH is 1. The molecule has 6 nitrogen and oxygen atoms in total. The van der Waals surface area contributed by atoms with Crippen molar-refractivity contribution < 1.29 is 24.2 Å². The number of ketones is 1. The molecule has 1 aliphatic rings. The second-order valence-corrected chi connectivity index (χ2v) is 8.48. The van der Waals surface area contributed by atoms with E-state index < -0.39 is 17.7 Å². The van der Waals surface area contributed by atoms with E-state index in [1.807, 2.05) is 38.1 Å². The number of carbonyl (C=O) groups is 2. The molecule has 1 amide bonds. The zero-order valence-electron chi connectivity index (χ0n) is 19.7. The third-order valence-electron chi connectivity index (χ3n) is 5.97. The van der Waals surface area contributed by atoms with Gasteiger partial charge in [-0.05, 0) is 60.9 Å². The predicted octanol–water partition coefficient (Wildman–Crippen LogP) is 5.94. The van der Waals surface area contributed by atoms with Crippen LogP contribution in [0.1, 0.15) is 36.6 Å². The predicted molar refractivity (Wildman–Crippen MR) is 136 cm³/mol. The molecular weight excluding hydrogens is 466 g/mol. The molecule has 4 rings (SSSR count). The van der Waals surface area contributed by atoms with Crippen molar-refractivity contribution in [1.82, 2.24) is 0 Å². The summed E-state index contributed by atoms with van der Waals surface area (Å²) in [6, 6.07) is 18.3. The van der Waals surface area contributed by atoms with Gasteiger partial charge in [0, 0.05) is 16.3 Å². The van der Waals surface area contributed by atoms with E-state index in [-0.39, 0.29) is 11.3 Å². The Hall–Kier alpha value is -3.77. The lowest BCUT2D eigenvalue weighted by Gasteiger charge is -2.26. The summed E-state index contributed by atoms with van der Waals surface area (Å²) in [5.41, 5.74) is 2.57. The van der Waals surface area contributed by atoms with Crippen LogP contribution in [0.15, 0.2) is 72.3 Å². The van der Waals surface area contributed by atoms with Crippen molar-refractivity contribution in [3.8, 4) is 11.5 Å². The molecule has 180 valence electrons. The van der Waals surface area contributed by atoms with Crippen LogP contribution in [0.2, 0.25) is 5.02 Å². The monoisotopic (exact) mass is 491 g/mol. The van der Waals surface area contributed by atoms with Crippen molar-refractivity contribution in [2.24, 2.45) is 0 Å². The number of hydrogen-bond donors (Lipinski definition) is 1. The van der Waals surface area contributed by atoms with Gasteiger partial charge >= 0.3 is 0 Å². The molecule has 1 heterocycles. The van der Waals surface area contributed by atoms with Gasteiger partial charge < -0.3 is 14.6 Å². The van der Waals surface area contributed by atoms with Crippen molar-refractivity contribution in [1.29, 1.82) is 0 Å². The summed E-state index contributed by atoms with van der Waals surface area (Å²) in [5.74, 6) is -0.799. The van der Waals surface area contributed by atoms with Gasteiger partial charge in [-0.3, -0.25) is 14.5 Å². The van der Waals surface area contributed by atoms with E-state index in [9.17, 15) is 14.7 Å². The molecule has 3 aromatic carbocycles. The minimum Gasteiger partial charge on any atom is -0.507 e. The van der Waals surface area contributed by atoms with Gasteiger partial charge in [-0.1, -0.05) is 48.9 Å². The molecule has 1 N–H and O–H groups in total. The lowest BCUT2D eigenvalue weighted by molar-refractivity contribution is -0.132. The van der Waals surface area contributed by atoms with E-state index in [1.165, 1.54) is 12.0 Å². The minimum absolute atomic E-state index is 0.0237. The standard InChI is InChI=1S/C28H26ClNO5/c1-4-17-9-12-21(13-10-17)30-25(18-11-14-22(34-3)23(16-18)35-5-2)24(27(32)28(30)33)26(31)19-7-6-8-20(29)15-19/h6-16,25,31H,4-5H2,1-3H3/b26-24-. The van der Waals surface area contributed by atoms with Gasteiger partial charge in [0.05, 0.1) is 25.3 Å². The summed E-state index contributed by atoms with van der Waals surface area (Å²) >= 11 is 6.13. The molecule has 1 aliphatic heterocycles. The van der Waals surface area contributed by atoms with Crippen LogP contribution < -0.4 is 14.4 Å². The summed E-state index contributed by atoms with van der Waals surface area (Å²) in [4.78, 5) is 28.1. The van der Waals surface area contributed by atoms with E-state index in [0.717, 1.165) is 12.0 Å². The van der Waals surface area contributed by atoms with Gasteiger partial charge in [-0.15, -0.1) is 0 Å². The van der Waals surface area contributed by atoms with Gasteiger partial charge in [0.2, 0.25) is 0 Å². The number of aliphatic hydroxyl groups is 1. The average Bonchev–Trinajstić information content (AvgIpc) is 3.14. The van der Waals surface area contributed by atoms with Crippen LogP contribution in [-0.4, -0.2) is 30.5 Å². The Bertz CT molecular complexity index is 1300. The molecule has 1 unspecified atom stereocenters. The maximum absolute atomic E-state index is 13.3. The average molecular weight is 492 g/mol. The summed E-state index contributed by atoms with van der Waals surface area (Å²) in [6.45, 7) is 4.30. The third-order valence-corrected chi connectivity index (χ3v) is 6.20. The fraction of sp³-hybridized carbons (Fsp3) is 0.214. The number of benzene rings is 3. The topological polar surface area (TPSA) is 76.1 Å². The van der Waals surface area contributed by atoms with Crippen molar-refractivity contribution in [3.05, 3.63) is 94.0 Å². The molecule has 3 aromatic rings. The summed E-state index contributed by atoms with van der Waals surface area (Å²) in [6.07, 6.45) is 0.841. The molecule has 1 fully saturated rings. The summed E-state index contributed by atoms with van der Waals surface area (Å²) < 4.78 is 11.1. The van der Waals surface area contributed by atoms with Crippen LogP contribution in [0.25, 0.3) is 5.76 Å². The normalized spacial score (nSPS) is 17.0. The van der Waals surface area contributed by atoms with Crippen molar-refractivity contribution in [3.63, 3.8) is 0 Å². The van der Waals surface area contributed by atoms with Crippen LogP contribution in [-0.2, 0) is 16.0 Å². The van der Waals surface area contributed by atoms with Gasteiger partial charge in [0.1, 0.15) is 5.76 Å². The van der Waals surface area contributed by atoms with Crippen LogP contribution in [0, 0.1) is 0 Å². The Morgan fingerprint density at radius 1 is 1.00 bits per heavy atom. The van der Waals surface area contributed by atoms with Gasteiger partial charge in [-0.2, -0.15) is 0 Å². The maximum Gasteiger partial charge on any atom is 0.300 e. The van der Waals surface area contributed by atoms with Gasteiger partial charge in [-0.25, -0.2) is 0 Å². The number of Topliss-reactive ketones (excluding diaryl/α,β-unsaturated/α-hetero) is 1.